The molecule has 3 rings (SSSR count). The van der Waals surface area contributed by atoms with Crippen LogP contribution in [0.3, 0.4) is 0 Å². The highest BCUT2D eigenvalue weighted by molar-refractivity contribution is 7.92. The lowest BCUT2D eigenvalue weighted by Gasteiger charge is -2.22. The predicted octanol–water partition coefficient (Wildman–Crippen LogP) is 3.85. The van der Waals surface area contributed by atoms with Gasteiger partial charge >= 0.3 is 0 Å². The van der Waals surface area contributed by atoms with Gasteiger partial charge in [-0.05, 0) is 37.0 Å². The van der Waals surface area contributed by atoms with E-state index in [4.69, 9.17) is 16.3 Å². The second-order valence-corrected chi connectivity index (χ2v) is 8.53. The molecule has 1 heterocycles. The van der Waals surface area contributed by atoms with E-state index in [0.29, 0.717) is 22.6 Å². The molecule has 22 heavy (non-hydrogen) atoms. The monoisotopic (exact) mass is 339 g/mol. The van der Waals surface area contributed by atoms with Gasteiger partial charge in [0.25, 0.3) is 0 Å². The Morgan fingerprint density at radius 2 is 2.00 bits per heavy atom. The van der Waals surface area contributed by atoms with Crippen molar-refractivity contribution in [2.45, 2.75) is 36.8 Å². The number of benzene rings is 1. The number of rotatable bonds is 3. The summed E-state index contributed by atoms with van der Waals surface area (Å²) < 4.78 is 30.2. The summed E-state index contributed by atoms with van der Waals surface area (Å²) in [6.07, 6.45) is 5.21. The van der Waals surface area contributed by atoms with Crippen LogP contribution in [0.1, 0.15) is 26.7 Å². The average Bonchev–Trinajstić information content (AvgIpc) is 3.30. The zero-order valence-corrected chi connectivity index (χ0v) is 14.1. The third-order valence-electron chi connectivity index (χ3n) is 4.18. The molecule has 0 radical (unpaired) electrons. The summed E-state index contributed by atoms with van der Waals surface area (Å²) in [4.78, 5) is 4.51. The number of sulfone groups is 1. The van der Waals surface area contributed by atoms with Gasteiger partial charge in [0, 0.05) is 12.1 Å². The molecule has 0 spiro atoms. The smallest absolute Gasteiger partial charge is 0.198 e. The Bertz CT molecular complexity index is 751. The van der Waals surface area contributed by atoms with Crippen LogP contribution in [0.2, 0.25) is 5.02 Å². The topological polar surface area (TPSA) is 55.7 Å². The fourth-order valence-electron chi connectivity index (χ4n) is 2.31. The fourth-order valence-corrected chi connectivity index (χ4v) is 4.27. The van der Waals surface area contributed by atoms with E-state index in [1.165, 1.54) is 6.07 Å². The van der Waals surface area contributed by atoms with Gasteiger partial charge in [-0.3, -0.25) is 0 Å². The second-order valence-electron chi connectivity index (χ2n) is 5.90. The molecule has 2 aliphatic rings. The van der Waals surface area contributed by atoms with Gasteiger partial charge in [-0.15, -0.1) is 0 Å². The molecule has 0 amide bonds. The highest BCUT2D eigenvalue weighted by atomic mass is 35.5. The first-order valence-electron chi connectivity index (χ1n) is 7.35. The molecule has 1 aromatic rings. The van der Waals surface area contributed by atoms with Gasteiger partial charge in [0.05, 0.1) is 15.2 Å². The summed E-state index contributed by atoms with van der Waals surface area (Å²) in [5, 5.41) is 0.0443. The van der Waals surface area contributed by atoms with E-state index < -0.39 is 9.84 Å². The molecular weight excluding hydrogens is 322 g/mol. The van der Waals surface area contributed by atoms with Crippen LogP contribution in [-0.2, 0) is 9.84 Å². The normalized spacial score (nSPS) is 25.0. The van der Waals surface area contributed by atoms with Crippen molar-refractivity contribution >= 4 is 27.3 Å². The Morgan fingerprint density at radius 1 is 1.27 bits per heavy atom. The third-order valence-corrected chi connectivity index (χ3v) is 6.73. The lowest BCUT2D eigenvalue weighted by Crippen LogP contribution is -2.25. The fraction of sp³-hybridized carbons (Fsp3) is 0.438. The summed E-state index contributed by atoms with van der Waals surface area (Å²) in [5.41, 5.74) is 0. The van der Waals surface area contributed by atoms with Crippen LogP contribution in [0.4, 0.5) is 0 Å². The van der Waals surface area contributed by atoms with Crippen molar-refractivity contribution in [1.82, 2.24) is 0 Å². The van der Waals surface area contributed by atoms with E-state index in [9.17, 15) is 8.42 Å². The predicted molar refractivity (Wildman–Crippen MR) is 87.2 cm³/mol. The number of allylic oxidation sites excluding steroid dienone is 1. The van der Waals surface area contributed by atoms with Crippen molar-refractivity contribution in [3.8, 4) is 5.75 Å². The molecule has 1 aromatic carbocycles. The van der Waals surface area contributed by atoms with E-state index in [-0.39, 0.29) is 16.1 Å². The maximum atomic E-state index is 12.2. The SMILES string of the molecule is CC1C=CN=C(Oc2ccc(S(=O)(=O)C3CC3)cc2Cl)C1C. The Morgan fingerprint density at radius 3 is 2.64 bits per heavy atom. The molecule has 6 heteroatoms. The first-order chi connectivity index (χ1) is 10.4. The molecule has 1 saturated carbocycles. The zero-order chi connectivity index (χ0) is 15.9. The van der Waals surface area contributed by atoms with Gasteiger partial charge < -0.3 is 4.74 Å². The van der Waals surface area contributed by atoms with Crippen molar-refractivity contribution in [3.63, 3.8) is 0 Å². The maximum absolute atomic E-state index is 12.2. The molecule has 2 atom stereocenters. The third kappa shape index (κ3) is 2.92. The first kappa shape index (κ1) is 15.6. The minimum absolute atomic E-state index is 0.149. The van der Waals surface area contributed by atoms with Crippen LogP contribution in [0.25, 0.3) is 0 Å². The van der Waals surface area contributed by atoms with Crippen LogP contribution in [0.15, 0.2) is 40.4 Å². The molecule has 0 N–H and O–H groups in total. The van der Waals surface area contributed by atoms with E-state index in [1.807, 2.05) is 13.0 Å². The van der Waals surface area contributed by atoms with Crippen LogP contribution in [-0.4, -0.2) is 19.6 Å². The number of aliphatic imine (C=N–C) groups is 1. The van der Waals surface area contributed by atoms with E-state index in [1.54, 1.807) is 18.3 Å². The molecule has 1 aliphatic heterocycles. The molecule has 0 aromatic heterocycles. The molecule has 0 bridgehead atoms. The summed E-state index contributed by atoms with van der Waals surface area (Å²) in [6, 6.07) is 4.63. The Labute approximate surface area is 135 Å². The molecule has 118 valence electrons. The standard InChI is InChI=1S/C16H18ClNO3S/c1-10-7-8-18-16(11(10)2)21-15-6-5-13(9-14(15)17)22(19,20)12-3-4-12/h5-12H,3-4H2,1-2H3. The summed E-state index contributed by atoms with van der Waals surface area (Å²) in [6.45, 7) is 4.12. The summed E-state index contributed by atoms with van der Waals surface area (Å²) >= 11 is 6.20. The lowest BCUT2D eigenvalue weighted by atomic mass is 9.94. The van der Waals surface area contributed by atoms with Gasteiger partial charge in [0.2, 0.25) is 0 Å². The zero-order valence-electron chi connectivity index (χ0n) is 12.5. The van der Waals surface area contributed by atoms with Crippen molar-refractivity contribution < 1.29 is 13.2 Å². The van der Waals surface area contributed by atoms with E-state index >= 15 is 0 Å². The number of nitrogens with zero attached hydrogens (tertiary/aromatic N) is 1. The van der Waals surface area contributed by atoms with Gasteiger partial charge in [0.1, 0.15) is 5.75 Å². The molecule has 1 aliphatic carbocycles. The van der Waals surface area contributed by atoms with Crippen LogP contribution < -0.4 is 4.74 Å². The highest BCUT2D eigenvalue weighted by Gasteiger charge is 2.37. The second kappa shape index (κ2) is 5.70. The van der Waals surface area contributed by atoms with Gasteiger partial charge in [-0.1, -0.05) is 31.5 Å². The number of halogens is 1. The average molecular weight is 340 g/mol. The minimum atomic E-state index is -3.24. The van der Waals surface area contributed by atoms with Gasteiger partial charge in [-0.2, -0.15) is 0 Å². The molecular formula is C16H18ClNO3S. The van der Waals surface area contributed by atoms with Crippen LogP contribution in [0.5, 0.6) is 5.75 Å². The minimum Gasteiger partial charge on any atom is -0.441 e. The van der Waals surface area contributed by atoms with Crippen molar-refractivity contribution in [3.05, 3.63) is 35.5 Å². The van der Waals surface area contributed by atoms with Crippen molar-refractivity contribution in [1.29, 1.82) is 0 Å². The van der Waals surface area contributed by atoms with E-state index in [2.05, 4.69) is 11.9 Å². The Hall–Kier alpha value is -1.33. The molecule has 0 saturated heterocycles. The lowest BCUT2D eigenvalue weighted by molar-refractivity contribution is 0.448. The molecule has 2 unspecified atom stereocenters. The van der Waals surface area contributed by atoms with Gasteiger partial charge in [-0.25, -0.2) is 13.4 Å². The molecule has 1 fully saturated rings. The molecule has 4 nitrogen and oxygen atoms in total. The van der Waals surface area contributed by atoms with Crippen LogP contribution in [0, 0.1) is 11.8 Å². The van der Waals surface area contributed by atoms with Crippen molar-refractivity contribution in [2.75, 3.05) is 0 Å². The quantitative estimate of drug-likeness (QED) is 0.840. The van der Waals surface area contributed by atoms with Crippen molar-refractivity contribution in [2.24, 2.45) is 16.8 Å². The summed E-state index contributed by atoms with van der Waals surface area (Å²) in [7, 11) is -3.24. The number of ether oxygens (including phenoxy) is 1. The Balaban J connectivity index is 1.84. The highest BCUT2D eigenvalue weighted by Crippen LogP contribution is 2.36. The number of hydrogen-bond acceptors (Lipinski definition) is 4. The first-order valence-corrected chi connectivity index (χ1v) is 9.27. The Kier molecular flexibility index (Phi) is 4.03. The maximum Gasteiger partial charge on any atom is 0.198 e. The van der Waals surface area contributed by atoms with E-state index in [0.717, 1.165) is 12.8 Å². The largest absolute Gasteiger partial charge is 0.441 e. The summed E-state index contributed by atoms with van der Waals surface area (Å²) in [5.74, 6) is 1.51. The van der Waals surface area contributed by atoms with Crippen LogP contribution >= 0.6 is 11.6 Å². The number of hydrogen-bond donors (Lipinski definition) is 0. The van der Waals surface area contributed by atoms with Gasteiger partial charge in [0.15, 0.2) is 15.7 Å².